The Labute approximate surface area is 221 Å². The molecular weight excluding hydrogens is 480 g/mol. The molecule has 188 valence electrons. The summed E-state index contributed by atoms with van der Waals surface area (Å²) in [5, 5.41) is 19.1. The predicted octanol–water partition coefficient (Wildman–Crippen LogP) is 6.24. The first-order valence-electron chi connectivity index (χ1n) is 11.8. The van der Waals surface area contributed by atoms with Gasteiger partial charge in [0.15, 0.2) is 0 Å². The summed E-state index contributed by atoms with van der Waals surface area (Å²) in [6.45, 7) is 24.2. The van der Waals surface area contributed by atoms with E-state index in [1.165, 1.54) is 32.0 Å². The van der Waals surface area contributed by atoms with Crippen molar-refractivity contribution in [3.05, 3.63) is 46.5 Å². The minimum atomic E-state index is -1.02. The van der Waals surface area contributed by atoms with Gasteiger partial charge >= 0.3 is 172 Å². The van der Waals surface area contributed by atoms with E-state index in [1.54, 1.807) is 39.5 Å². The molecule has 3 rings (SSSR count). The molecule has 0 spiro atoms. The summed E-state index contributed by atoms with van der Waals surface area (Å²) in [5.74, 6) is 2.02. The van der Waals surface area contributed by atoms with Crippen LogP contribution < -0.4 is 16.8 Å². The first-order chi connectivity index (χ1) is 15.4. The van der Waals surface area contributed by atoms with Crippen molar-refractivity contribution in [2.45, 2.75) is 116 Å². The molecule has 1 aliphatic heterocycles. The molecule has 0 unspecified atom stereocenters. The van der Waals surface area contributed by atoms with E-state index in [0.29, 0.717) is 0 Å². The Hall–Kier alpha value is -0.976. The number of aryl methyl sites for hydroxylation is 2. The van der Waals surface area contributed by atoms with Gasteiger partial charge in [-0.05, 0) is 0 Å². The first kappa shape index (κ1) is 31.1. The van der Waals surface area contributed by atoms with Crippen LogP contribution in [0.25, 0.3) is 0 Å². The van der Waals surface area contributed by atoms with Crippen LogP contribution in [0, 0.1) is 13.8 Å². The summed E-state index contributed by atoms with van der Waals surface area (Å²) in [7, 11) is 0. The second-order valence-electron chi connectivity index (χ2n) is 11.3. The zero-order valence-electron chi connectivity index (χ0n) is 23.0. The summed E-state index contributed by atoms with van der Waals surface area (Å²) in [4.78, 5) is 2.40. The molecule has 2 aromatic carbocycles. The quantitative estimate of drug-likeness (QED) is 0.383. The van der Waals surface area contributed by atoms with Crippen molar-refractivity contribution < 1.29 is 36.8 Å². The average molecular weight is 523 g/mol. The fourth-order valence-corrected chi connectivity index (χ4v) is 5.64. The van der Waals surface area contributed by atoms with E-state index in [1.807, 2.05) is 0 Å². The molecular formula is C28H42O4STi. The number of fused-ring (bicyclic) bond motifs is 2. The second-order valence-corrected chi connectivity index (χ2v) is 13.2. The summed E-state index contributed by atoms with van der Waals surface area (Å²) in [5.41, 5.74) is 5.15. The van der Waals surface area contributed by atoms with Crippen LogP contribution in [-0.4, -0.2) is 12.2 Å². The van der Waals surface area contributed by atoms with Gasteiger partial charge in [0.05, 0.1) is 0 Å². The van der Waals surface area contributed by atoms with E-state index < -0.39 is 32.1 Å². The molecule has 2 aromatic rings. The van der Waals surface area contributed by atoms with Crippen molar-refractivity contribution in [2.75, 3.05) is 0 Å². The third-order valence-corrected chi connectivity index (χ3v) is 6.47. The van der Waals surface area contributed by atoms with Crippen molar-refractivity contribution in [1.82, 2.24) is 0 Å². The van der Waals surface area contributed by atoms with E-state index in [2.05, 4.69) is 79.7 Å². The molecule has 0 saturated heterocycles. The minimum absolute atomic E-state index is 0.0357. The molecule has 0 aliphatic carbocycles. The normalized spacial score (nSPS) is 12.7. The Kier molecular flexibility index (Phi) is 11.7. The molecule has 1 heterocycles. The molecule has 0 amide bonds. The molecule has 4 nitrogen and oxygen atoms in total. The van der Waals surface area contributed by atoms with Gasteiger partial charge in [-0.2, -0.15) is 0 Å². The average Bonchev–Trinajstić information content (AvgIpc) is 2.59. The van der Waals surface area contributed by atoms with Gasteiger partial charge in [-0.25, -0.2) is 0 Å². The Morgan fingerprint density at radius 3 is 1.24 bits per heavy atom. The number of benzene rings is 2. The van der Waals surface area contributed by atoms with Crippen molar-refractivity contribution in [1.29, 1.82) is 0 Å². The zero-order chi connectivity index (χ0) is 26.4. The molecule has 0 N–H and O–H groups in total. The predicted molar refractivity (Wildman–Crippen MR) is 135 cm³/mol. The molecule has 34 heavy (non-hydrogen) atoms. The number of hydrogen-bond acceptors (Lipinski definition) is 5. The monoisotopic (exact) mass is 522 g/mol. The van der Waals surface area contributed by atoms with Crippen LogP contribution >= 0.6 is 11.8 Å². The molecule has 0 fully saturated rings. The van der Waals surface area contributed by atoms with E-state index in [9.17, 15) is 10.2 Å². The van der Waals surface area contributed by atoms with E-state index in [0.717, 1.165) is 11.5 Å². The summed E-state index contributed by atoms with van der Waals surface area (Å²) in [6, 6.07) is 9.00. The van der Waals surface area contributed by atoms with Crippen LogP contribution in [0.3, 0.4) is 0 Å². The Morgan fingerprint density at radius 2 is 0.971 bits per heavy atom. The molecule has 0 radical (unpaired) electrons. The van der Waals surface area contributed by atoms with Crippen molar-refractivity contribution in [2.24, 2.45) is 0 Å². The van der Waals surface area contributed by atoms with Gasteiger partial charge in [0.1, 0.15) is 0 Å². The third-order valence-electron chi connectivity index (χ3n) is 4.52. The zero-order valence-corrected chi connectivity index (χ0v) is 25.4. The van der Waals surface area contributed by atoms with Gasteiger partial charge in [-0.1, -0.05) is 27.7 Å². The van der Waals surface area contributed by atoms with Gasteiger partial charge in [0.2, 0.25) is 0 Å². The van der Waals surface area contributed by atoms with E-state index >= 15 is 0 Å². The number of hydrogen-bond donors (Lipinski definition) is 0. The van der Waals surface area contributed by atoms with Gasteiger partial charge in [-0.3, -0.25) is 0 Å². The SMILES string of the molecule is CC(C)[O-].CC(C)[O-].Cc1cc2c(c(C(C)(C)C)c1)[O][Ti+2][O]c1c(cc(C)cc1C(C)(C)C)S2. The van der Waals surface area contributed by atoms with Gasteiger partial charge < -0.3 is 10.2 Å². The maximum absolute atomic E-state index is 9.53. The van der Waals surface area contributed by atoms with Crippen molar-refractivity contribution in [3.63, 3.8) is 0 Å². The molecule has 1 aliphatic rings. The Balaban J connectivity index is 0.000000629. The fraction of sp³-hybridized carbons (Fsp3) is 0.571. The molecule has 0 bridgehead atoms. The topological polar surface area (TPSA) is 64.6 Å². The van der Waals surface area contributed by atoms with Crippen LogP contribution in [0.1, 0.15) is 91.5 Å². The first-order valence-corrected chi connectivity index (χ1v) is 13.9. The van der Waals surface area contributed by atoms with Crippen molar-refractivity contribution >= 4 is 11.8 Å². The molecule has 6 heteroatoms. The summed E-state index contributed by atoms with van der Waals surface area (Å²) >= 11 is 0.753. The molecule has 0 atom stereocenters. The molecule has 0 saturated carbocycles. The summed E-state index contributed by atoms with van der Waals surface area (Å²) in [6.07, 6.45) is -0.833. The van der Waals surface area contributed by atoms with E-state index in [4.69, 9.17) is 6.64 Å². The summed E-state index contributed by atoms with van der Waals surface area (Å²) < 4.78 is 12.6. The van der Waals surface area contributed by atoms with Crippen LogP contribution in [0.5, 0.6) is 11.5 Å². The van der Waals surface area contributed by atoms with Gasteiger partial charge in [-0.15, -0.1) is 12.2 Å². The maximum atomic E-state index is 9.53. The van der Waals surface area contributed by atoms with Crippen LogP contribution in [0.15, 0.2) is 34.1 Å². The second kappa shape index (κ2) is 12.8. The fourth-order valence-electron chi connectivity index (χ4n) is 3.18. The standard InChI is InChI=1S/C22H30O2S.2C3H7O.Ti/c1-13-9-15(21(3,4)5)19(23)17(11-13)25-18-12-14(2)10-16(20(18)24)22(6,7)8;2*1-3(2)4;/h9-12,23-24H,1-8H3;2*3H,1-2H3;/q;2*-1;+4/p-2. The Morgan fingerprint density at radius 1 is 0.676 bits per heavy atom. The van der Waals surface area contributed by atoms with Gasteiger partial charge in [0, 0.05) is 0 Å². The Bertz CT molecular complexity index is 860. The van der Waals surface area contributed by atoms with Crippen molar-refractivity contribution in [3.8, 4) is 11.5 Å². The number of rotatable bonds is 0. The van der Waals surface area contributed by atoms with Crippen LogP contribution in [0.2, 0.25) is 0 Å². The van der Waals surface area contributed by atoms with Gasteiger partial charge in [0.25, 0.3) is 0 Å². The van der Waals surface area contributed by atoms with Crippen LogP contribution in [0.4, 0.5) is 0 Å². The molecule has 0 aromatic heterocycles. The van der Waals surface area contributed by atoms with E-state index in [-0.39, 0.29) is 10.8 Å². The van der Waals surface area contributed by atoms with Crippen LogP contribution in [-0.2, 0) is 30.8 Å². The third kappa shape index (κ3) is 9.95.